The predicted octanol–water partition coefficient (Wildman–Crippen LogP) is 7.09. The number of nitrogens with one attached hydrogen (secondary N) is 2. The summed E-state index contributed by atoms with van der Waals surface area (Å²) in [5.41, 5.74) is 6.94. The second kappa shape index (κ2) is 32.8. The largest absolute Gasteiger partial charge is 0.325 e. The van der Waals surface area contributed by atoms with Gasteiger partial charge >= 0.3 is 0 Å². The maximum Gasteiger partial charge on any atom is 0.269 e. The smallest absolute Gasteiger partial charge is 0.269 e. The highest BCUT2D eigenvalue weighted by atomic mass is 16.6. The number of hydrogen-bond donors (Lipinski definition) is 2. The summed E-state index contributed by atoms with van der Waals surface area (Å²) >= 11 is 0. The quantitative estimate of drug-likeness (QED) is 0.0508. The summed E-state index contributed by atoms with van der Waals surface area (Å²) in [5, 5.41) is 52.7. The van der Waals surface area contributed by atoms with Gasteiger partial charge in [-0.1, -0.05) is 72.8 Å². The number of non-ortho nitro benzene ring substituents is 4. The zero-order valence-electron chi connectivity index (χ0n) is 51.1. The number of hydrogen-bond acceptors (Lipinski definition) is 19. The van der Waals surface area contributed by atoms with Crippen molar-refractivity contribution in [2.45, 2.75) is 39.3 Å². The molecule has 0 unspecified atom stereocenters. The highest BCUT2D eigenvalue weighted by molar-refractivity contribution is 5.93. The molecule has 3 aliphatic rings. The van der Waals surface area contributed by atoms with E-state index >= 15 is 0 Å². The minimum absolute atomic E-state index is 0.0298. The maximum atomic E-state index is 13.9. The number of amides is 2. The van der Waals surface area contributed by atoms with E-state index < -0.39 is 19.7 Å². The summed E-state index contributed by atoms with van der Waals surface area (Å²) in [4.78, 5) is 93.1. The number of anilines is 2. The second-order valence-corrected chi connectivity index (χ2v) is 23.7. The van der Waals surface area contributed by atoms with Gasteiger partial charge in [-0.2, -0.15) is 0 Å². The Balaban J connectivity index is 0.786. The normalized spacial score (nSPS) is 17.4. The lowest BCUT2D eigenvalue weighted by Gasteiger charge is -2.26. The fourth-order valence-electron chi connectivity index (χ4n) is 11.8. The summed E-state index contributed by atoms with van der Waals surface area (Å²) in [6.45, 7) is 16.2. The van der Waals surface area contributed by atoms with Crippen LogP contribution in [0, 0.1) is 40.5 Å². The maximum absolute atomic E-state index is 13.9. The fraction of sp³-hybridized carbons (Fsp3) is 0.415. The van der Waals surface area contributed by atoms with Crippen molar-refractivity contribution in [1.82, 2.24) is 44.1 Å². The van der Waals surface area contributed by atoms with Crippen molar-refractivity contribution in [3.05, 3.63) is 219 Å². The summed E-state index contributed by atoms with van der Waals surface area (Å²) < 4.78 is 0. The Hall–Kier alpha value is -8.50. The Labute approximate surface area is 524 Å². The van der Waals surface area contributed by atoms with Crippen LogP contribution in [0.1, 0.15) is 33.4 Å². The average Bonchev–Trinajstić information content (AvgIpc) is 2.62. The zero-order chi connectivity index (χ0) is 63.4. The molecule has 3 heterocycles. The first-order valence-electron chi connectivity index (χ1n) is 30.7. The van der Waals surface area contributed by atoms with Crippen molar-refractivity contribution < 1.29 is 29.3 Å². The Morgan fingerprint density at radius 3 is 0.778 bits per heavy atom. The third-order valence-corrected chi connectivity index (χ3v) is 16.8. The van der Waals surface area contributed by atoms with Crippen LogP contribution in [0.15, 0.2) is 146 Å². The van der Waals surface area contributed by atoms with Gasteiger partial charge in [0, 0.05) is 217 Å². The number of nitro benzene ring substituents is 4. The van der Waals surface area contributed by atoms with Crippen molar-refractivity contribution >= 4 is 45.9 Å². The number of benzene rings is 6. The molecule has 2 amide bonds. The number of carbonyl (C=O) groups excluding carboxylic acids is 2. The Morgan fingerprint density at radius 1 is 0.322 bits per heavy atom. The van der Waals surface area contributed by atoms with E-state index in [1.165, 1.54) is 24.3 Å². The number of nitro groups is 4. The van der Waals surface area contributed by atoms with E-state index in [1.807, 2.05) is 60.7 Å². The molecule has 0 aromatic heterocycles. The number of likely N-dealkylation sites (N-methyl/N-ethyl adjacent to an activating group) is 1. The summed E-state index contributed by atoms with van der Waals surface area (Å²) in [7, 11) is 2.14. The minimum atomic E-state index is -0.395. The van der Waals surface area contributed by atoms with Gasteiger partial charge in [0.15, 0.2) is 0 Å². The van der Waals surface area contributed by atoms with Crippen LogP contribution in [0.2, 0.25) is 0 Å². The van der Waals surface area contributed by atoms with Gasteiger partial charge < -0.3 is 15.5 Å². The molecule has 6 aromatic rings. The first-order valence-corrected chi connectivity index (χ1v) is 30.7. The molecule has 90 heavy (non-hydrogen) atoms. The SMILES string of the molecule is CN1CCN(Cc2cccc(NC(=O)CN3CCN(Cc4cccc([N+](=O)[O-])c4)CCN(Cc4cccc([N+](=O)[O-])c4)CC3)c2)CCN(Cc2cccc(NC(=O)CN3CCN(Cc4cccc([N+](=O)[O-])c4)CCN(Cc4cccc([N+](=O)[O-])c4)CC3)c2)CC1. The van der Waals surface area contributed by atoms with Crippen LogP contribution in [-0.2, 0) is 48.9 Å². The number of nitrogens with zero attached hydrogens (tertiary/aromatic N) is 13. The highest BCUT2D eigenvalue weighted by Gasteiger charge is 2.24. The predicted molar refractivity (Wildman–Crippen MR) is 345 cm³/mol. The van der Waals surface area contributed by atoms with Crippen molar-refractivity contribution in [2.75, 3.05) is 149 Å². The van der Waals surface area contributed by atoms with E-state index in [0.29, 0.717) is 129 Å². The van der Waals surface area contributed by atoms with Crippen LogP contribution in [0.3, 0.4) is 0 Å². The summed E-state index contributed by atoms with van der Waals surface area (Å²) in [6.07, 6.45) is 0. The topological polar surface area (TPSA) is 260 Å². The number of carbonyl (C=O) groups is 2. The molecule has 6 aromatic carbocycles. The zero-order valence-corrected chi connectivity index (χ0v) is 51.1. The van der Waals surface area contributed by atoms with Gasteiger partial charge in [0.05, 0.1) is 32.8 Å². The molecule has 9 rings (SSSR count). The van der Waals surface area contributed by atoms with E-state index in [-0.39, 0.29) is 47.7 Å². The van der Waals surface area contributed by atoms with Crippen molar-refractivity contribution in [1.29, 1.82) is 0 Å². The minimum Gasteiger partial charge on any atom is -0.325 e. The molecular formula is C65H81N15O10. The van der Waals surface area contributed by atoms with Crippen molar-refractivity contribution in [3.8, 4) is 0 Å². The van der Waals surface area contributed by atoms with Crippen molar-refractivity contribution in [2.24, 2.45) is 0 Å². The van der Waals surface area contributed by atoms with Crippen LogP contribution < -0.4 is 10.6 Å². The van der Waals surface area contributed by atoms with Gasteiger partial charge in [0.2, 0.25) is 11.8 Å². The van der Waals surface area contributed by atoms with Crippen LogP contribution in [0.4, 0.5) is 34.1 Å². The lowest BCUT2D eigenvalue weighted by molar-refractivity contribution is -0.385. The standard InChI is InChI=1S/C65H81N15O10/c1-68-20-22-69(44-52-8-2-14-58(38-52)66-64(81)50-75-34-30-71(46-54-10-4-16-60(40-54)77(83)84)26-27-72(31-35-75)47-55-11-5-17-61(41-55)78(85)86)24-25-70(23-21-68)45-53-9-3-15-59(39-53)67-65(82)51-76-36-32-73(48-56-12-6-18-62(42-56)79(87)88)28-29-74(33-37-76)49-57-13-7-19-63(43-57)80(89)90/h2-19,38-43H,20-37,44-51H2,1H3,(H,66,81)(H,67,82). The van der Waals surface area contributed by atoms with Gasteiger partial charge in [-0.25, -0.2) is 0 Å². The third-order valence-electron chi connectivity index (χ3n) is 16.8. The lowest BCUT2D eigenvalue weighted by atomic mass is 10.1. The Morgan fingerprint density at radius 2 is 0.533 bits per heavy atom. The van der Waals surface area contributed by atoms with E-state index in [1.54, 1.807) is 48.5 Å². The van der Waals surface area contributed by atoms with E-state index in [2.05, 4.69) is 73.9 Å². The fourth-order valence-corrected chi connectivity index (χ4v) is 11.8. The van der Waals surface area contributed by atoms with E-state index in [4.69, 9.17) is 0 Å². The highest BCUT2D eigenvalue weighted by Crippen LogP contribution is 2.22. The molecule has 0 aliphatic carbocycles. The first kappa shape index (κ1) is 65.9. The van der Waals surface area contributed by atoms with Gasteiger partial charge in [0.25, 0.3) is 22.7 Å². The van der Waals surface area contributed by atoms with Gasteiger partial charge in [0.1, 0.15) is 0 Å². The molecule has 0 bridgehead atoms. The molecule has 0 atom stereocenters. The summed E-state index contributed by atoms with van der Waals surface area (Å²) in [6, 6.07) is 42.6. The van der Waals surface area contributed by atoms with E-state index in [9.17, 15) is 50.0 Å². The molecular weight excluding hydrogens is 1150 g/mol. The molecule has 0 spiro atoms. The van der Waals surface area contributed by atoms with Crippen LogP contribution in [0.5, 0.6) is 0 Å². The van der Waals surface area contributed by atoms with Crippen molar-refractivity contribution in [3.63, 3.8) is 0 Å². The second-order valence-electron chi connectivity index (χ2n) is 23.7. The molecule has 25 nitrogen and oxygen atoms in total. The molecule has 3 aliphatic heterocycles. The van der Waals surface area contributed by atoms with Gasteiger partial charge in [-0.15, -0.1) is 0 Å². The molecule has 3 fully saturated rings. The van der Waals surface area contributed by atoms with Gasteiger partial charge in [-0.3, -0.25) is 89.2 Å². The molecule has 0 saturated carbocycles. The molecule has 0 radical (unpaired) electrons. The van der Waals surface area contributed by atoms with E-state index in [0.717, 1.165) is 72.6 Å². The monoisotopic (exact) mass is 1230 g/mol. The average molecular weight is 1230 g/mol. The van der Waals surface area contributed by atoms with Crippen LogP contribution in [0.25, 0.3) is 0 Å². The van der Waals surface area contributed by atoms with Crippen LogP contribution in [-0.4, -0.2) is 214 Å². The molecule has 476 valence electrons. The first-order chi connectivity index (χ1) is 43.5. The third kappa shape index (κ3) is 21.1. The molecule has 3 saturated heterocycles. The lowest BCUT2D eigenvalue weighted by Crippen LogP contribution is -2.40. The molecule has 25 heteroatoms. The number of rotatable bonds is 22. The summed E-state index contributed by atoms with van der Waals surface area (Å²) in [5.74, 6) is -0.297. The Kier molecular flexibility index (Phi) is 24.0. The van der Waals surface area contributed by atoms with Gasteiger partial charge in [-0.05, 0) is 64.7 Å². The van der Waals surface area contributed by atoms with Crippen LogP contribution >= 0.6 is 0 Å². The Bertz CT molecular complexity index is 3070. The molecule has 2 N–H and O–H groups in total.